The maximum Gasteiger partial charge on any atom is 0.387 e. The van der Waals surface area contributed by atoms with Crippen LogP contribution in [0, 0.1) is 0 Å². The van der Waals surface area contributed by atoms with Crippen LogP contribution in [0.5, 0.6) is 11.5 Å². The first-order chi connectivity index (χ1) is 13.4. The van der Waals surface area contributed by atoms with Crippen molar-refractivity contribution in [2.75, 3.05) is 14.2 Å². The lowest BCUT2D eigenvalue weighted by molar-refractivity contribution is -0.0512. The van der Waals surface area contributed by atoms with Crippen molar-refractivity contribution in [3.63, 3.8) is 0 Å². The fourth-order valence-corrected chi connectivity index (χ4v) is 2.75. The monoisotopic (exact) mass is 409 g/mol. The van der Waals surface area contributed by atoms with E-state index in [1.165, 1.54) is 13.2 Å². The van der Waals surface area contributed by atoms with E-state index >= 15 is 0 Å². The third-order valence-electron chi connectivity index (χ3n) is 3.86. The quantitative estimate of drug-likeness (QED) is 0.540. The summed E-state index contributed by atoms with van der Waals surface area (Å²) in [6.07, 6.45) is 0. The molecule has 6 nitrogen and oxygen atoms in total. The van der Waals surface area contributed by atoms with E-state index < -0.39 is 6.61 Å². The molecule has 0 unspecified atom stereocenters. The Morgan fingerprint density at radius 3 is 2.50 bits per heavy atom. The van der Waals surface area contributed by atoms with Crippen LogP contribution in [0.25, 0.3) is 11.5 Å². The summed E-state index contributed by atoms with van der Waals surface area (Å²) in [6, 6.07) is 11.9. The molecule has 9 heteroatoms. The Morgan fingerprint density at radius 1 is 1.07 bits per heavy atom. The van der Waals surface area contributed by atoms with Gasteiger partial charge in [0.15, 0.2) is 11.5 Å². The summed E-state index contributed by atoms with van der Waals surface area (Å²) in [6.45, 7) is -1.97. The zero-order chi connectivity index (χ0) is 20.1. The highest BCUT2D eigenvalue weighted by molar-refractivity contribution is 6.30. The van der Waals surface area contributed by atoms with E-state index in [0.717, 1.165) is 11.1 Å². The van der Waals surface area contributed by atoms with Gasteiger partial charge in [-0.2, -0.15) is 8.78 Å². The maximum absolute atomic E-state index is 12.4. The van der Waals surface area contributed by atoms with Gasteiger partial charge in [0.05, 0.1) is 13.7 Å². The van der Waals surface area contributed by atoms with Crippen molar-refractivity contribution in [3.8, 4) is 23.0 Å². The molecule has 28 heavy (non-hydrogen) atoms. The van der Waals surface area contributed by atoms with Crippen LogP contribution in [0.3, 0.4) is 0 Å². The second-order valence-corrected chi connectivity index (χ2v) is 6.48. The number of nitrogens with zero attached hydrogens (tertiary/aromatic N) is 3. The Labute approximate surface area is 165 Å². The SMILES string of the molecule is COc1cc(CN(C)Cc2nnc(-c3ccc(Cl)cc3)o2)ccc1OC(F)F. The van der Waals surface area contributed by atoms with Gasteiger partial charge in [0.2, 0.25) is 11.8 Å². The summed E-state index contributed by atoms with van der Waals surface area (Å²) >= 11 is 5.88. The topological polar surface area (TPSA) is 60.6 Å². The van der Waals surface area contributed by atoms with Crippen LogP contribution >= 0.6 is 11.6 Å². The number of benzene rings is 2. The molecule has 0 bridgehead atoms. The highest BCUT2D eigenvalue weighted by Crippen LogP contribution is 2.30. The summed E-state index contributed by atoms with van der Waals surface area (Å²) in [5, 5.41) is 8.73. The second kappa shape index (κ2) is 8.99. The summed E-state index contributed by atoms with van der Waals surface area (Å²) < 4.78 is 40.1. The lowest BCUT2D eigenvalue weighted by Crippen LogP contribution is -2.17. The molecule has 0 N–H and O–H groups in total. The van der Waals surface area contributed by atoms with Gasteiger partial charge >= 0.3 is 6.61 Å². The highest BCUT2D eigenvalue weighted by Gasteiger charge is 2.14. The third kappa shape index (κ3) is 5.17. The van der Waals surface area contributed by atoms with Crippen molar-refractivity contribution < 1.29 is 22.7 Å². The predicted molar refractivity (Wildman–Crippen MR) is 99.5 cm³/mol. The third-order valence-corrected chi connectivity index (χ3v) is 4.11. The van der Waals surface area contributed by atoms with E-state index in [9.17, 15) is 8.78 Å². The van der Waals surface area contributed by atoms with E-state index in [1.54, 1.807) is 36.4 Å². The number of hydrogen-bond acceptors (Lipinski definition) is 6. The van der Waals surface area contributed by atoms with E-state index in [2.05, 4.69) is 14.9 Å². The van der Waals surface area contributed by atoms with Gasteiger partial charge in [0.1, 0.15) is 0 Å². The molecule has 1 aromatic heterocycles. The summed E-state index contributed by atoms with van der Waals surface area (Å²) in [4.78, 5) is 1.95. The molecule has 1 heterocycles. The molecular weight excluding hydrogens is 392 g/mol. The molecule has 148 valence electrons. The Morgan fingerprint density at radius 2 is 1.82 bits per heavy atom. The van der Waals surface area contributed by atoms with Crippen LogP contribution < -0.4 is 9.47 Å². The predicted octanol–water partition coefficient (Wildman–Crippen LogP) is 4.63. The number of rotatable bonds is 8. The molecule has 0 aliphatic carbocycles. The van der Waals surface area contributed by atoms with Crippen LogP contribution in [-0.4, -0.2) is 35.9 Å². The first kappa shape index (κ1) is 20.0. The van der Waals surface area contributed by atoms with Gasteiger partial charge in [-0.15, -0.1) is 10.2 Å². The minimum Gasteiger partial charge on any atom is -0.493 e. The molecule has 0 radical (unpaired) electrons. The molecule has 0 atom stereocenters. The van der Waals surface area contributed by atoms with Crippen LogP contribution in [-0.2, 0) is 13.1 Å². The van der Waals surface area contributed by atoms with E-state index in [0.29, 0.717) is 29.9 Å². The summed E-state index contributed by atoms with van der Waals surface area (Å²) in [5.41, 5.74) is 1.64. The number of hydrogen-bond donors (Lipinski definition) is 0. The van der Waals surface area contributed by atoms with Gasteiger partial charge < -0.3 is 13.9 Å². The van der Waals surface area contributed by atoms with E-state index in [4.69, 9.17) is 20.8 Å². The Kier molecular flexibility index (Phi) is 6.43. The normalized spacial score (nSPS) is 11.2. The zero-order valence-corrected chi connectivity index (χ0v) is 16.0. The lowest BCUT2D eigenvalue weighted by Gasteiger charge is -2.16. The summed E-state index contributed by atoms with van der Waals surface area (Å²) in [7, 11) is 3.28. The highest BCUT2D eigenvalue weighted by atomic mass is 35.5. The smallest absolute Gasteiger partial charge is 0.387 e. The van der Waals surface area contributed by atoms with E-state index in [1.807, 2.05) is 11.9 Å². The molecule has 2 aromatic carbocycles. The minimum absolute atomic E-state index is 0.00610. The molecule has 0 aliphatic rings. The first-order valence-corrected chi connectivity index (χ1v) is 8.71. The maximum atomic E-state index is 12.4. The molecule has 0 spiro atoms. The number of halogens is 3. The van der Waals surface area contributed by atoms with Crippen LogP contribution in [0.15, 0.2) is 46.9 Å². The number of ether oxygens (including phenoxy) is 2. The Bertz CT molecular complexity index is 919. The van der Waals surface area contributed by atoms with E-state index in [-0.39, 0.29) is 11.5 Å². The number of methoxy groups -OCH3 is 1. The van der Waals surface area contributed by atoms with Crippen molar-refractivity contribution in [3.05, 3.63) is 58.9 Å². The molecule has 0 amide bonds. The number of aromatic nitrogens is 2. The van der Waals surface area contributed by atoms with Crippen molar-refractivity contribution in [2.45, 2.75) is 19.7 Å². The average molecular weight is 410 g/mol. The molecule has 3 rings (SSSR count). The molecule has 0 fully saturated rings. The molecule has 0 saturated carbocycles. The van der Waals surface area contributed by atoms with Crippen molar-refractivity contribution in [1.82, 2.24) is 15.1 Å². The zero-order valence-electron chi connectivity index (χ0n) is 15.2. The summed E-state index contributed by atoms with van der Waals surface area (Å²) in [5.74, 6) is 1.11. The van der Waals surface area contributed by atoms with Crippen LogP contribution in [0.1, 0.15) is 11.5 Å². The standard InChI is InChI=1S/C19H18ClF2N3O3/c1-25(10-12-3-8-15(27-19(21)22)16(9-12)26-2)11-17-23-24-18(28-17)13-4-6-14(20)7-5-13/h3-9,19H,10-11H2,1-2H3. The van der Waals surface area contributed by atoms with Gasteiger partial charge in [0, 0.05) is 17.1 Å². The van der Waals surface area contributed by atoms with Gasteiger partial charge in [-0.25, -0.2) is 0 Å². The molecular formula is C19H18ClF2N3O3. The largest absolute Gasteiger partial charge is 0.493 e. The van der Waals surface area contributed by atoms with Gasteiger partial charge in [-0.1, -0.05) is 17.7 Å². The van der Waals surface area contributed by atoms with Crippen LogP contribution in [0.4, 0.5) is 8.78 Å². The average Bonchev–Trinajstić information content (AvgIpc) is 3.11. The Balaban J connectivity index is 1.64. The lowest BCUT2D eigenvalue weighted by atomic mass is 10.2. The molecule has 0 saturated heterocycles. The van der Waals surface area contributed by atoms with Crippen molar-refractivity contribution >= 4 is 11.6 Å². The van der Waals surface area contributed by atoms with Crippen LogP contribution in [0.2, 0.25) is 5.02 Å². The van der Waals surface area contributed by atoms with Gasteiger partial charge in [-0.05, 0) is 49.0 Å². The second-order valence-electron chi connectivity index (χ2n) is 6.04. The van der Waals surface area contributed by atoms with Gasteiger partial charge in [-0.3, -0.25) is 4.90 Å². The van der Waals surface area contributed by atoms with Gasteiger partial charge in [0.25, 0.3) is 0 Å². The minimum atomic E-state index is -2.91. The molecule has 3 aromatic rings. The Hall–Kier alpha value is -2.71. The van der Waals surface area contributed by atoms with Crippen molar-refractivity contribution in [2.24, 2.45) is 0 Å². The fraction of sp³-hybridized carbons (Fsp3) is 0.263. The number of alkyl halides is 2. The fourth-order valence-electron chi connectivity index (χ4n) is 2.63. The first-order valence-electron chi connectivity index (χ1n) is 8.33. The van der Waals surface area contributed by atoms with Crippen molar-refractivity contribution in [1.29, 1.82) is 0 Å². The molecule has 0 aliphatic heterocycles.